The molecule has 0 saturated carbocycles. The van der Waals surface area contributed by atoms with Gasteiger partial charge in [-0.15, -0.1) is 0 Å². The van der Waals surface area contributed by atoms with Crippen molar-refractivity contribution in [3.05, 3.63) is 35.4 Å². The summed E-state index contributed by atoms with van der Waals surface area (Å²) in [4.78, 5) is 0. The van der Waals surface area contributed by atoms with Crippen LogP contribution in [0.2, 0.25) is 0 Å². The first-order valence-corrected chi connectivity index (χ1v) is 3.66. The van der Waals surface area contributed by atoms with E-state index in [1.807, 2.05) is 6.07 Å². The third kappa shape index (κ3) is 1.82. The monoisotopic (exact) mass is 162 g/mol. The van der Waals surface area contributed by atoms with Gasteiger partial charge >= 0.3 is 0 Å². The van der Waals surface area contributed by atoms with Crippen LogP contribution in [-0.4, -0.2) is 11.7 Å². The quantitative estimate of drug-likeness (QED) is 0.667. The summed E-state index contributed by atoms with van der Waals surface area (Å²) in [6.45, 7) is 0.200. The van der Waals surface area contributed by atoms with E-state index in [0.29, 0.717) is 5.56 Å². The number of nitriles is 1. The Morgan fingerprint density at radius 1 is 1.42 bits per heavy atom. The van der Waals surface area contributed by atoms with E-state index in [4.69, 9.17) is 11.0 Å². The zero-order chi connectivity index (χ0) is 8.97. The zero-order valence-electron chi connectivity index (χ0n) is 6.57. The summed E-state index contributed by atoms with van der Waals surface area (Å²) < 4.78 is 0. The molecule has 0 spiro atoms. The Hall–Kier alpha value is -1.37. The molecule has 62 valence electrons. The van der Waals surface area contributed by atoms with Gasteiger partial charge in [0.15, 0.2) is 0 Å². The highest BCUT2D eigenvalue weighted by molar-refractivity contribution is 5.32. The number of benzene rings is 1. The predicted octanol–water partition coefficient (Wildman–Crippen LogP) is 0.550. The van der Waals surface area contributed by atoms with Crippen LogP contribution in [0, 0.1) is 11.3 Å². The lowest BCUT2D eigenvalue weighted by Crippen LogP contribution is -2.11. The molecule has 1 aromatic carbocycles. The molecular weight excluding hydrogens is 152 g/mol. The third-order valence-electron chi connectivity index (χ3n) is 1.65. The maximum absolute atomic E-state index is 9.28. The van der Waals surface area contributed by atoms with E-state index in [9.17, 15) is 5.11 Å². The largest absolute Gasteiger partial charge is 0.387 e. The van der Waals surface area contributed by atoms with Crippen molar-refractivity contribution in [1.29, 1.82) is 5.26 Å². The van der Waals surface area contributed by atoms with Gasteiger partial charge in [-0.1, -0.05) is 12.1 Å². The molecule has 0 radical (unpaired) electrons. The molecule has 0 aliphatic rings. The second kappa shape index (κ2) is 3.86. The Morgan fingerprint density at radius 3 is 2.42 bits per heavy atom. The summed E-state index contributed by atoms with van der Waals surface area (Å²) in [7, 11) is 0. The minimum absolute atomic E-state index is 0.200. The van der Waals surface area contributed by atoms with Crippen LogP contribution < -0.4 is 5.73 Å². The molecule has 3 N–H and O–H groups in total. The summed E-state index contributed by atoms with van der Waals surface area (Å²) in [5.74, 6) is 0. The van der Waals surface area contributed by atoms with Crippen LogP contribution in [0.15, 0.2) is 24.3 Å². The highest BCUT2D eigenvalue weighted by atomic mass is 16.3. The summed E-state index contributed by atoms with van der Waals surface area (Å²) >= 11 is 0. The lowest BCUT2D eigenvalue weighted by Gasteiger charge is -2.06. The molecule has 0 saturated heterocycles. The maximum Gasteiger partial charge on any atom is 0.0991 e. The number of hydrogen-bond acceptors (Lipinski definition) is 3. The average Bonchev–Trinajstić information content (AvgIpc) is 2.17. The van der Waals surface area contributed by atoms with Gasteiger partial charge in [-0.3, -0.25) is 0 Å². The summed E-state index contributed by atoms with van der Waals surface area (Å²) in [6.07, 6.45) is -0.627. The minimum Gasteiger partial charge on any atom is -0.387 e. The van der Waals surface area contributed by atoms with Crippen molar-refractivity contribution >= 4 is 0 Å². The molecule has 0 fully saturated rings. The number of hydrogen-bond donors (Lipinski definition) is 2. The Kier molecular flexibility index (Phi) is 2.81. The number of rotatable bonds is 2. The van der Waals surface area contributed by atoms with Gasteiger partial charge in [0.05, 0.1) is 17.7 Å². The van der Waals surface area contributed by atoms with Gasteiger partial charge in [0.25, 0.3) is 0 Å². The van der Waals surface area contributed by atoms with Gasteiger partial charge in [0.1, 0.15) is 0 Å². The summed E-state index contributed by atoms with van der Waals surface area (Å²) in [5.41, 5.74) is 6.59. The van der Waals surface area contributed by atoms with E-state index in [2.05, 4.69) is 0 Å². The molecule has 0 amide bonds. The molecule has 1 unspecified atom stereocenters. The smallest absolute Gasteiger partial charge is 0.0991 e. The molecule has 0 aliphatic heterocycles. The topological polar surface area (TPSA) is 70.0 Å². The lowest BCUT2D eigenvalue weighted by atomic mass is 10.1. The first kappa shape index (κ1) is 8.72. The van der Waals surface area contributed by atoms with E-state index in [0.717, 1.165) is 5.56 Å². The molecule has 1 rings (SSSR count). The second-order valence-corrected chi connectivity index (χ2v) is 2.49. The Morgan fingerprint density at radius 2 is 2.00 bits per heavy atom. The van der Waals surface area contributed by atoms with Crippen molar-refractivity contribution in [2.45, 2.75) is 6.10 Å². The molecule has 3 heteroatoms. The van der Waals surface area contributed by atoms with Crippen molar-refractivity contribution in [3.63, 3.8) is 0 Å². The number of nitrogens with zero attached hydrogens (tertiary/aromatic N) is 1. The Bertz CT molecular complexity index is 286. The molecule has 12 heavy (non-hydrogen) atoms. The fourth-order valence-electron chi connectivity index (χ4n) is 0.916. The van der Waals surface area contributed by atoms with Crippen LogP contribution in [0.1, 0.15) is 17.2 Å². The highest BCUT2D eigenvalue weighted by Gasteiger charge is 2.03. The molecular formula is C9H10N2O. The van der Waals surface area contributed by atoms with Gasteiger partial charge in [-0.25, -0.2) is 0 Å². The minimum atomic E-state index is -0.627. The highest BCUT2D eigenvalue weighted by Crippen LogP contribution is 2.11. The maximum atomic E-state index is 9.28. The van der Waals surface area contributed by atoms with Crippen molar-refractivity contribution in [3.8, 4) is 6.07 Å². The van der Waals surface area contributed by atoms with Gasteiger partial charge in [0.2, 0.25) is 0 Å². The van der Waals surface area contributed by atoms with E-state index >= 15 is 0 Å². The molecule has 0 bridgehead atoms. The summed E-state index contributed by atoms with van der Waals surface area (Å²) in [6, 6.07) is 8.73. The Labute approximate surface area is 71.1 Å². The van der Waals surface area contributed by atoms with Gasteiger partial charge in [-0.2, -0.15) is 5.26 Å². The third-order valence-corrected chi connectivity index (χ3v) is 1.65. The standard InChI is InChI=1S/C9H10N2O/c10-5-7-1-3-8(4-2-7)9(12)6-11/h1-4,9,12H,6,11H2. The first-order chi connectivity index (χ1) is 5.77. The molecule has 1 aromatic rings. The zero-order valence-corrected chi connectivity index (χ0v) is 6.57. The van der Waals surface area contributed by atoms with Crippen LogP contribution in [0.3, 0.4) is 0 Å². The fourth-order valence-corrected chi connectivity index (χ4v) is 0.916. The average molecular weight is 162 g/mol. The predicted molar refractivity (Wildman–Crippen MR) is 45.2 cm³/mol. The van der Waals surface area contributed by atoms with E-state index < -0.39 is 6.10 Å². The van der Waals surface area contributed by atoms with Crippen LogP contribution in [0.5, 0.6) is 0 Å². The van der Waals surface area contributed by atoms with Crippen LogP contribution in [0.4, 0.5) is 0 Å². The molecule has 0 heterocycles. The van der Waals surface area contributed by atoms with Crippen molar-refractivity contribution < 1.29 is 5.11 Å². The Balaban J connectivity index is 2.86. The first-order valence-electron chi connectivity index (χ1n) is 3.66. The second-order valence-electron chi connectivity index (χ2n) is 2.49. The van der Waals surface area contributed by atoms with E-state index in [1.165, 1.54) is 0 Å². The lowest BCUT2D eigenvalue weighted by molar-refractivity contribution is 0.187. The van der Waals surface area contributed by atoms with Gasteiger partial charge in [0, 0.05) is 6.54 Å². The summed E-state index contributed by atoms with van der Waals surface area (Å²) in [5, 5.41) is 17.8. The SMILES string of the molecule is N#Cc1ccc(C(O)CN)cc1. The van der Waals surface area contributed by atoms with Crippen molar-refractivity contribution in [1.82, 2.24) is 0 Å². The number of nitrogens with two attached hydrogens (primary N) is 1. The fraction of sp³-hybridized carbons (Fsp3) is 0.222. The van der Waals surface area contributed by atoms with Gasteiger partial charge < -0.3 is 10.8 Å². The molecule has 1 atom stereocenters. The molecule has 0 aromatic heterocycles. The van der Waals surface area contributed by atoms with Crippen molar-refractivity contribution in [2.75, 3.05) is 6.54 Å². The van der Waals surface area contributed by atoms with E-state index in [1.54, 1.807) is 24.3 Å². The molecule has 0 aliphatic carbocycles. The van der Waals surface area contributed by atoms with Crippen LogP contribution in [-0.2, 0) is 0 Å². The van der Waals surface area contributed by atoms with E-state index in [-0.39, 0.29) is 6.54 Å². The van der Waals surface area contributed by atoms with Crippen LogP contribution >= 0.6 is 0 Å². The van der Waals surface area contributed by atoms with Crippen LogP contribution in [0.25, 0.3) is 0 Å². The number of aliphatic hydroxyl groups excluding tert-OH is 1. The number of aliphatic hydroxyl groups is 1. The molecule has 3 nitrogen and oxygen atoms in total. The van der Waals surface area contributed by atoms with Crippen molar-refractivity contribution in [2.24, 2.45) is 5.73 Å². The normalized spacial score (nSPS) is 12.1. The van der Waals surface area contributed by atoms with Gasteiger partial charge in [-0.05, 0) is 17.7 Å².